The van der Waals surface area contributed by atoms with Crippen molar-refractivity contribution in [3.05, 3.63) is 23.5 Å². The van der Waals surface area contributed by atoms with Gasteiger partial charge in [0.2, 0.25) is 5.78 Å². The summed E-state index contributed by atoms with van der Waals surface area (Å²) in [5.41, 5.74) is 0.898. The van der Waals surface area contributed by atoms with Gasteiger partial charge in [0.25, 0.3) is 0 Å². The third kappa shape index (κ3) is 1.05. The van der Waals surface area contributed by atoms with Gasteiger partial charge < -0.3 is 5.11 Å². The van der Waals surface area contributed by atoms with E-state index in [0.29, 0.717) is 11.8 Å². The second kappa shape index (κ2) is 2.85. The van der Waals surface area contributed by atoms with Gasteiger partial charge in [-0.3, -0.25) is 4.79 Å². The van der Waals surface area contributed by atoms with Crippen LogP contribution in [-0.4, -0.2) is 10.9 Å². The Kier molecular flexibility index (Phi) is 1.85. The summed E-state index contributed by atoms with van der Waals surface area (Å²) in [6, 6.07) is 0. The molecular formula is C15H20O2. The van der Waals surface area contributed by atoms with E-state index in [0.717, 1.165) is 12.0 Å². The fourth-order valence-corrected chi connectivity index (χ4v) is 4.41. The lowest BCUT2D eigenvalue weighted by atomic mass is 9.61. The lowest BCUT2D eigenvalue weighted by Gasteiger charge is -2.42. The summed E-state index contributed by atoms with van der Waals surface area (Å²) in [7, 11) is 0. The molecule has 3 aliphatic rings. The van der Waals surface area contributed by atoms with Crippen LogP contribution in [0.5, 0.6) is 0 Å². The van der Waals surface area contributed by atoms with E-state index < -0.39 is 0 Å². The lowest BCUT2D eigenvalue weighted by Crippen LogP contribution is -2.38. The number of hydrogen-bond donors (Lipinski definition) is 1. The van der Waals surface area contributed by atoms with E-state index in [1.54, 1.807) is 0 Å². The zero-order valence-corrected chi connectivity index (χ0v) is 10.9. The number of rotatable bonds is 0. The first-order valence-corrected chi connectivity index (χ1v) is 6.47. The monoisotopic (exact) mass is 232 g/mol. The minimum atomic E-state index is -0.0359. The van der Waals surface area contributed by atoms with Crippen molar-refractivity contribution in [2.24, 2.45) is 28.6 Å². The molecule has 0 heterocycles. The highest BCUT2D eigenvalue weighted by molar-refractivity contribution is 6.01. The summed E-state index contributed by atoms with van der Waals surface area (Å²) in [6.07, 6.45) is 5.10. The molecule has 1 N–H and O–H groups in total. The molecule has 3 rings (SSSR count). The SMILES string of the molecule is CC1CC=CC2=C(O)C(=O)C3C(C3(C)C)C21C. The molecule has 17 heavy (non-hydrogen) atoms. The van der Waals surface area contributed by atoms with Crippen molar-refractivity contribution in [2.45, 2.75) is 34.1 Å². The van der Waals surface area contributed by atoms with Gasteiger partial charge in [-0.25, -0.2) is 0 Å². The molecule has 0 aliphatic heterocycles. The minimum absolute atomic E-state index is 0.0269. The van der Waals surface area contributed by atoms with Gasteiger partial charge in [-0.15, -0.1) is 0 Å². The largest absolute Gasteiger partial charge is 0.504 e. The zero-order chi connectivity index (χ0) is 12.6. The van der Waals surface area contributed by atoms with Crippen LogP contribution in [-0.2, 0) is 4.79 Å². The van der Waals surface area contributed by atoms with Crippen LogP contribution in [0.4, 0.5) is 0 Å². The first-order valence-electron chi connectivity index (χ1n) is 6.47. The van der Waals surface area contributed by atoms with Crippen LogP contribution in [0.25, 0.3) is 0 Å². The first kappa shape index (κ1) is 11.1. The van der Waals surface area contributed by atoms with Crippen LogP contribution in [0, 0.1) is 28.6 Å². The normalized spacial score (nSPS) is 46.6. The molecule has 4 atom stereocenters. The highest BCUT2D eigenvalue weighted by Gasteiger charge is 2.72. The fourth-order valence-electron chi connectivity index (χ4n) is 4.41. The molecule has 0 aromatic rings. The molecule has 1 fully saturated rings. The number of hydrogen-bond acceptors (Lipinski definition) is 2. The summed E-state index contributed by atoms with van der Waals surface area (Å²) in [5, 5.41) is 10.2. The Morgan fingerprint density at radius 1 is 1.35 bits per heavy atom. The number of carbonyl (C=O) groups excluding carboxylic acids is 1. The molecular weight excluding hydrogens is 212 g/mol. The van der Waals surface area contributed by atoms with Crippen molar-refractivity contribution in [2.75, 3.05) is 0 Å². The Bertz CT molecular complexity index is 469. The topological polar surface area (TPSA) is 37.3 Å². The molecule has 0 spiro atoms. The van der Waals surface area contributed by atoms with Gasteiger partial charge in [-0.2, -0.15) is 0 Å². The van der Waals surface area contributed by atoms with Crippen molar-refractivity contribution in [1.82, 2.24) is 0 Å². The highest BCUT2D eigenvalue weighted by atomic mass is 16.3. The van der Waals surface area contributed by atoms with E-state index in [1.807, 2.05) is 6.08 Å². The molecule has 0 saturated heterocycles. The Hall–Kier alpha value is -1.05. The molecule has 0 bridgehead atoms. The molecule has 2 nitrogen and oxygen atoms in total. The van der Waals surface area contributed by atoms with E-state index in [1.165, 1.54) is 0 Å². The van der Waals surface area contributed by atoms with Crippen LogP contribution in [0.3, 0.4) is 0 Å². The van der Waals surface area contributed by atoms with Gasteiger partial charge in [-0.05, 0) is 23.7 Å². The third-order valence-corrected chi connectivity index (χ3v) is 5.62. The number of Topliss-reactive ketones (excluding diaryl/α,β-unsaturated/α-hetero) is 1. The summed E-state index contributed by atoms with van der Waals surface area (Å²) in [6.45, 7) is 8.78. The van der Waals surface area contributed by atoms with Crippen molar-refractivity contribution in [1.29, 1.82) is 0 Å². The maximum Gasteiger partial charge on any atom is 0.201 e. The van der Waals surface area contributed by atoms with E-state index in [2.05, 4.69) is 33.8 Å². The van der Waals surface area contributed by atoms with Gasteiger partial charge in [-0.1, -0.05) is 39.8 Å². The van der Waals surface area contributed by atoms with Crippen LogP contribution >= 0.6 is 0 Å². The predicted octanol–water partition coefficient (Wildman–Crippen LogP) is 3.26. The number of carbonyl (C=O) groups is 1. The highest BCUT2D eigenvalue weighted by Crippen LogP contribution is 2.73. The van der Waals surface area contributed by atoms with Crippen molar-refractivity contribution in [3.63, 3.8) is 0 Å². The summed E-state index contributed by atoms with van der Waals surface area (Å²) >= 11 is 0. The maximum absolute atomic E-state index is 12.1. The van der Waals surface area contributed by atoms with Crippen molar-refractivity contribution >= 4 is 5.78 Å². The molecule has 1 saturated carbocycles. The molecule has 0 aromatic carbocycles. The van der Waals surface area contributed by atoms with Crippen LogP contribution in [0.2, 0.25) is 0 Å². The van der Waals surface area contributed by atoms with Crippen LogP contribution in [0.15, 0.2) is 23.5 Å². The summed E-state index contributed by atoms with van der Waals surface area (Å²) in [4.78, 5) is 12.1. The number of fused-ring (bicyclic) bond motifs is 3. The molecule has 3 aliphatic carbocycles. The van der Waals surface area contributed by atoms with Crippen LogP contribution < -0.4 is 0 Å². The van der Waals surface area contributed by atoms with Crippen molar-refractivity contribution in [3.8, 4) is 0 Å². The van der Waals surface area contributed by atoms with Gasteiger partial charge in [0, 0.05) is 16.9 Å². The van der Waals surface area contributed by atoms with Crippen molar-refractivity contribution < 1.29 is 9.90 Å². The van der Waals surface area contributed by atoms with Crippen LogP contribution in [0.1, 0.15) is 34.1 Å². The van der Waals surface area contributed by atoms with E-state index in [-0.39, 0.29) is 28.3 Å². The predicted molar refractivity (Wildman–Crippen MR) is 66.5 cm³/mol. The number of allylic oxidation sites excluding steroid dienone is 4. The lowest BCUT2D eigenvalue weighted by molar-refractivity contribution is -0.121. The summed E-state index contributed by atoms with van der Waals surface area (Å²) in [5.74, 6) is 0.916. The number of aliphatic hydroxyl groups is 1. The quantitative estimate of drug-likeness (QED) is 0.696. The maximum atomic E-state index is 12.1. The molecule has 4 unspecified atom stereocenters. The molecule has 0 radical (unpaired) electrons. The number of ketones is 1. The average Bonchev–Trinajstić information content (AvgIpc) is 2.83. The van der Waals surface area contributed by atoms with Gasteiger partial charge in [0.05, 0.1) is 0 Å². The molecule has 0 aromatic heterocycles. The zero-order valence-electron chi connectivity index (χ0n) is 10.9. The molecule has 2 heteroatoms. The second-order valence-electron chi connectivity index (χ2n) is 6.73. The fraction of sp³-hybridized carbons (Fsp3) is 0.667. The Morgan fingerprint density at radius 2 is 2.00 bits per heavy atom. The van der Waals surface area contributed by atoms with E-state index >= 15 is 0 Å². The Morgan fingerprint density at radius 3 is 2.65 bits per heavy atom. The first-order chi connectivity index (χ1) is 7.83. The Balaban J connectivity index is 2.22. The van der Waals surface area contributed by atoms with Gasteiger partial charge >= 0.3 is 0 Å². The van der Waals surface area contributed by atoms with Gasteiger partial charge in [0.15, 0.2) is 5.76 Å². The summed E-state index contributed by atoms with van der Waals surface area (Å²) < 4.78 is 0. The van der Waals surface area contributed by atoms with E-state index in [9.17, 15) is 9.90 Å². The van der Waals surface area contributed by atoms with E-state index in [4.69, 9.17) is 0 Å². The minimum Gasteiger partial charge on any atom is -0.504 e. The second-order valence-corrected chi connectivity index (χ2v) is 6.73. The number of aliphatic hydroxyl groups excluding tert-OH is 1. The van der Waals surface area contributed by atoms with Gasteiger partial charge in [0.1, 0.15) is 0 Å². The Labute approximate surface area is 102 Å². The third-order valence-electron chi connectivity index (χ3n) is 5.62. The average molecular weight is 232 g/mol. The smallest absolute Gasteiger partial charge is 0.201 e. The molecule has 0 amide bonds. The standard InChI is InChI=1S/C15H20O2/c1-8-6-5-7-9-11(16)12(17)10-13(14(10,2)3)15(8,9)4/h5,7-8,10,13,16H,6H2,1-4H3. The molecule has 92 valence electrons.